The Morgan fingerprint density at radius 3 is 2.36 bits per heavy atom. The van der Waals surface area contributed by atoms with Gasteiger partial charge in [0.05, 0.1) is 16.5 Å². The van der Waals surface area contributed by atoms with Crippen LogP contribution in [-0.4, -0.2) is 76.6 Å². The fourth-order valence-electron chi connectivity index (χ4n) is 4.32. The maximum atomic E-state index is 11.8. The first-order valence-electron chi connectivity index (χ1n) is 9.64. The molecule has 2 aliphatic heterocycles. The van der Waals surface area contributed by atoms with Gasteiger partial charge in [-0.05, 0) is 25.5 Å². The Morgan fingerprint density at radius 1 is 1.14 bits per heavy atom. The Hall–Kier alpha value is -2.30. The molecular weight excluding hydrogens is 366 g/mol. The number of rotatable bonds is 6. The number of aliphatic hydroxyl groups is 1. The summed E-state index contributed by atoms with van der Waals surface area (Å²) in [6, 6.07) is 1.50. The van der Waals surface area contributed by atoms with Crippen molar-refractivity contribution in [1.29, 1.82) is 0 Å². The smallest absolute Gasteiger partial charge is 0.302 e. The summed E-state index contributed by atoms with van der Waals surface area (Å²) in [5.41, 5.74) is -0.00593. The third-order valence-corrected chi connectivity index (χ3v) is 6.01. The number of piperazine rings is 1. The molecule has 2 aliphatic rings. The minimum Gasteiger partial charge on any atom is -0.392 e. The summed E-state index contributed by atoms with van der Waals surface area (Å²) in [6.45, 7) is 9.19. The second kappa shape index (κ2) is 8.38. The summed E-state index contributed by atoms with van der Waals surface area (Å²) in [4.78, 5) is 28.8. The van der Waals surface area contributed by atoms with Gasteiger partial charge in [-0.25, -0.2) is 0 Å². The maximum absolute atomic E-state index is 11.8. The summed E-state index contributed by atoms with van der Waals surface area (Å²) in [7, 11) is 0. The van der Waals surface area contributed by atoms with E-state index in [2.05, 4.69) is 16.7 Å². The van der Waals surface area contributed by atoms with E-state index >= 15 is 0 Å². The van der Waals surface area contributed by atoms with E-state index in [4.69, 9.17) is 0 Å². The molecule has 0 aromatic heterocycles. The van der Waals surface area contributed by atoms with E-state index in [0.717, 1.165) is 39.1 Å². The lowest BCUT2D eigenvalue weighted by Gasteiger charge is -2.37. The van der Waals surface area contributed by atoms with Gasteiger partial charge in [0.2, 0.25) is 0 Å². The van der Waals surface area contributed by atoms with E-state index in [9.17, 15) is 25.3 Å². The number of aliphatic hydroxyl groups excluding tert-OH is 1. The van der Waals surface area contributed by atoms with Crippen molar-refractivity contribution in [3.05, 3.63) is 37.4 Å². The quantitative estimate of drug-likeness (QED) is 0.571. The molecule has 0 radical (unpaired) electrons. The third kappa shape index (κ3) is 3.80. The zero-order valence-corrected chi connectivity index (χ0v) is 16.3. The van der Waals surface area contributed by atoms with Gasteiger partial charge in [-0.3, -0.25) is 25.1 Å². The van der Waals surface area contributed by atoms with E-state index in [1.807, 2.05) is 0 Å². The lowest BCUT2D eigenvalue weighted by molar-refractivity contribution is -0.393. The average Bonchev–Trinajstić information content (AvgIpc) is 3.16. The molecule has 1 aromatic rings. The van der Waals surface area contributed by atoms with Crippen molar-refractivity contribution in [2.75, 3.05) is 50.7 Å². The van der Waals surface area contributed by atoms with E-state index in [0.29, 0.717) is 13.1 Å². The Morgan fingerprint density at radius 2 is 1.82 bits per heavy atom. The molecule has 10 heteroatoms. The van der Waals surface area contributed by atoms with E-state index in [1.165, 1.54) is 13.0 Å². The molecule has 2 saturated heterocycles. The summed E-state index contributed by atoms with van der Waals surface area (Å²) in [6.07, 6.45) is 0.821. The van der Waals surface area contributed by atoms with Gasteiger partial charge in [-0.2, -0.15) is 0 Å². The maximum Gasteiger partial charge on any atom is 0.302 e. The standard InChI is InChI=1S/C18H27N5O5/c1-3-19-6-8-20(9-7-19)15-4-5-21(11-15)18-16(22(25)26)10-14(12-24)13(2)17(18)23(27)28/h10,15,24H,3-9,11-12H2,1-2H3. The molecule has 28 heavy (non-hydrogen) atoms. The minimum absolute atomic E-state index is 0.0689. The molecular formula is C18H27N5O5. The van der Waals surface area contributed by atoms with Gasteiger partial charge < -0.3 is 14.9 Å². The largest absolute Gasteiger partial charge is 0.392 e. The lowest BCUT2D eigenvalue weighted by Crippen LogP contribution is -2.50. The zero-order valence-electron chi connectivity index (χ0n) is 16.3. The molecule has 1 N–H and O–H groups in total. The van der Waals surface area contributed by atoms with Crippen molar-refractivity contribution in [1.82, 2.24) is 9.80 Å². The number of hydrogen-bond donors (Lipinski definition) is 1. The number of hydrogen-bond acceptors (Lipinski definition) is 8. The van der Waals surface area contributed by atoms with Crippen molar-refractivity contribution in [3.8, 4) is 0 Å². The van der Waals surface area contributed by atoms with Gasteiger partial charge in [0.1, 0.15) is 0 Å². The van der Waals surface area contributed by atoms with E-state index < -0.39 is 16.5 Å². The molecule has 0 saturated carbocycles. The number of benzene rings is 1. The summed E-state index contributed by atoms with van der Waals surface area (Å²) < 4.78 is 0. The topological polar surface area (TPSA) is 116 Å². The van der Waals surface area contributed by atoms with Crippen LogP contribution in [0.25, 0.3) is 0 Å². The molecule has 0 spiro atoms. The average molecular weight is 393 g/mol. The summed E-state index contributed by atoms with van der Waals surface area (Å²) in [5, 5.41) is 32.9. The van der Waals surface area contributed by atoms with Crippen LogP contribution in [0.5, 0.6) is 0 Å². The van der Waals surface area contributed by atoms with Crippen LogP contribution >= 0.6 is 0 Å². The molecule has 1 unspecified atom stereocenters. The Balaban J connectivity index is 1.90. The van der Waals surface area contributed by atoms with Crippen LogP contribution in [0.15, 0.2) is 6.07 Å². The van der Waals surface area contributed by atoms with Crippen LogP contribution in [0.1, 0.15) is 24.5 Å². The van der Waals surface area contributed by atoms with Crippen LogP contribution < -0.4 is 4.90 Å². The van der Waals surface area contributed by atoms with Crippen LogP contribution in [0.4, 0.5) is 17.1 Å². The van der Waals surface area contributed by atoms with E-state index in [1.54, 1.807) is 4.90 Å². The summed E-state index contributed by atoms with van der Waals surface area (Å²) in [5.74, 6) is 0. The lowest BCUT2D eigenvalue weighted by atomic mass is 10.0. The molecule has 0 amide bonds. The highest BCUT2D eigenvalue weighted by atomic mass is 16.6. The molecule has 154 valence electrons. The number of nitro groups is 2. The van der Waals surface area contributed by atoms with Gasteiger partial charge >= 0.3 is 5.69 Å². The Kier molecular flexibility index (Phi) is 6.11. The first kappa shape index (κ1) is 20.4. The minimum atomic E-state index is -0.589. The van der Waals surface area contributed by atoms with Gasteiger partial charge in [0.25, 0.3) is 5.69 Å². The molecule has 1 aromatic carbocycles. The van der Waals surface area contributed by atoms with Crippen molar-refractivity contribution in [2.24, 2.45) is 0 Å². The zero-order chi connectivity index (χ0) is 20.4. The Labute approximate surface area is 163 Å². The summed E-state index contributed by atoms with van der Waals surface area (Å²) >= 11 is 0. The number of nitro benzene ring substituents is 2. The van der Waals surface area contributed by atoms with Crippen molar-refractivity contribution in [2.45, 2.75) is 32.9 Å². The molecule has 3 rings (SSSR count). The van der Waals surface area contributed by atoms with Gasteiger partial charge in [-0.1, -0.05) is 6.92 Å². The second-order valence-corrected chi connectivity index (χ2v) is 7.41. The highest BCUT2D eigenvalue weighted by molar-refractivity contribution is 5.79. The predicted molar refractivity (Wildman–Crippen MR) is 105 cm³/mol. The van der Waals surface area contributed by atoms with Crippen LogP contribution in [-0.2, 0) is 6.61 Å². The molecule has 0 aliphatic carbocycles. The molecule has 10 nitrogen and oxygen atoms in total. The number of likely N-dealkylation sites (N-methyl/N-ethyl adjacent to an activating group) is 1. The number of nitrogens with zero attached hydrogens (tertiary/aromatic N) is 5. The van der Waals surface area contributed by atoms with Gasteiger partial charge in [-0.15, -0.1) is 0 Å². The first-order chi connectivity index (χ1) is 13.4. The van der Waals surface area contributed by atoms with Gasteiger partial charge in [0.15, 0.2) is 5.69 Å². The van der Waals surface area contributed by atoms with Crippen molar-refractivity contribution < 1.29 is 15.0 Å². The molecule has 2 heterocycles. The van der Waals surface area contributed by atoms with E-state index in [-0.39, 0.29) is 34.2 Å². The SMILES string of the molecule is CCN1CCN(C2CCN(c3c([N+](=O)[O-])cc(CO)c(C)c3[N+](=O)[O-])C2)CC1. The predicted octanol–water partition coefficient (Wildman–Crippen LogP) is 1.52. The van der Waals surface area contributed by atoms with Crippen LogP contribution in [0.2, 0.25) is 0 Å². The highest BCUT2D eigenvalue weighted by Gasteiger charge is 2.38. The molecule has 0 bridgehead atoms. The first-order valence-corrected chi connectivity index (χ1v) is 9.64. The normalized spacial score (nSPS) is 21.2. The van der Waals surface area contributed by atoms with Crippen LogP contribution in [0.3, 0.4) is 0 Å². The number of anilines is 1. The van der Waals surface area contributed by atoms with Crippen molar-refractivity contribution in [3.63, 3.8) is 0 Å². The monoisotopic (exact) mass is 393 g/mol. The Bertz CT molecular complexity index is 763. The molecule has 1 atom stereocenters. The van der Waals surface area contributed by atoms with Crippen LogP contribution in [0, 0.1) is 27.2 Å². The second-order valence-electron chi connectivity index (χ2n) is 7.41. The van der Waals surface area contributed by atoms with Gasteiger partial charge in [0, 0.05) is 56.9 Å². The van der Waals surface area contributed by atoms with Crippen molar-refractivity contribution >= 4 is 17.1 Å². The highest BCUT2D eigenvalue weighted by Crippen LogP contribution is 2.43. The fraction of sp³-hybridized carbons (Fsp3) is 0.667. The third-order valence-electron chi connectivity index (χ3n) is 6.01. The fourth-order valence-corrected chi connectivity index (χ4v) is 4.32. The molecule has 2 fully saturated rings.